The summed E-state index contributed by atoms with van der Waals surface area (Å²) in [5.74, 6) is 0. The molecule has 0 bridgehead atoms. The van der Waals surface area contributed by atoms with E-state index in [0.717, 1.165) is 31.0 Å². The first kappa shape index (κ1) is 66.2. The van der Waals surface area contributed by atoms with Crippen LogP contribution >= 0.6 is 0 Å². The van der Waals surface area contributed by atoms with Crippen molar-refractivity contribution in [2.45, 2.75) is 267 Å². The Morgan fingerprint density at radius 2 is 0.324 bits per heavy atom. The Kier molecular flexibility index (Phi) is 21.0. The molecule has 0 atom stereocenters. The molecular formula is C54H118Ge2Si12. The third kappa shape index (κ3) is 16.8. The van der Waals surface area contributed by atoms with Crippen molar-refractivity contribution in [3.8, 4) is 0 Å². The summed E-state index contributed by atoms with van der Waals surface area (Å²) in [6.07, 6.45) is 0. The van der Waals surface area contributed by atoms with Crippen LogP contribution in [0.1, 0.15) is 64.4 Å². The van der Waals surface area contributed by atoms with Crippen molar-refractivity contribution in [3.63, 3.8) is 0 Å². The molecule has 0 heterocycles. The van der Waals surface area contributed by atoms with Crippen LogP contribution in [0.4, 0.5) is 0 Å². The van der Waals surface area contributed by atoms with E-state index in [-0.39, 0.29) is 0 Å². The van der Waals surface area contributed by atoms with E-state index < -0.39 is 122 Å². The summed E-state index contributed by atoms with van der Waals surface area (Å²) in [6, 6.07) is 12.2. The normalized spacial score (nSPS) is 15.1. The van der Waals surface area contributed by atoms with Crippen molar-refractivity contribution in [1.82, 2.24) is 0 Å². The van der Waals surface area contributed by atoms with Gasteiger partial charge in [0.05, 0.1) is 0 Å². The van der Waals surface area contributed by atoms with Crippen molar-refractivity contribution < 1.29 is 0 Å². The molecule has 2 rings (SSSR count). The molecule has 0 aliphatic carbocycles. The molecule has 68 heavy (non-hydrogen) atoms. The van der Waals surface area contributed by atoms with E-state index in [9.17, 15) is 0 Å². The van der Waals surface area contributed by atoms with E-state index in [2.05, 4.69) is 260 Å². The molecule has 390 valence electrons. The van der Waals surface area contributed by atoms with Gasteiger partial charge in [0.1, 0.15) is 0 Å². The fourth-order valence-electron chi connectivity index (χ4n) is 16.6. The van der Waals surface area contributed by atoms with E-state index in [1.54, 1.807) is 0 Å². The predicted molar refractivity (Wildman–Crippen MR) is 360 cm³/mol. The Labute approximate surface area is 450 Å². The molecule has 0 radical (unpaired) electrons. The minimum atomic E-state index is -1.64. The molecule has 0 saturated carbocycles. The van der Waals surface area contributed by atoms with Gasteiger partial charge in [0.2, 0.25) is 0 Å². The van der Waals surface area contributed by atoms with E-state index in [1.807, 2.05) is 42.2 Å². The van der Waals surface area contributed by atoms with Gasteiger partial charge < -0.3 is 0 Å². The van der Waals surface area contributed by atoms with Crippen LogP contribution in [0.15, 0.2) is 24.3 Å². The Morgan fingerprint density at radius 3 is 0.426 bits per heavy atom. The van der Waals surface area contributed by atoms with Crippen molar-refractivity contribution in [3.05, 3.63) is 57.6 Å². The number of hydrogen-bond acceptors (Lipinski definition) is 0. The third-order valence-corrected chi connectivity index (χ3v) is 81.4. The molecule has 0 aliphatic heterocycles. The summed E-state index contributed by atoms with van der Waals surface area (Å²) < 4.78 is 4.09. The van der Waals surface area contributed by atoms with Gasteiger partial charge in [0.25, 0.3) is 0 Å². The second-order valence-corrected chi connectivity index (χ2v) is 111. The SMILES string of the molecule is C[Si](C)(C)C(c1cc(C([Si](C)(C)C)[Si](C)(C)C)[c]([Ge]#[Ge][c]2c(C([Si](C)(C)C)[Si](C)(C)C)cc(C([Si](C)(C)C)[Si](C)(C)C)cc2C([Si](C)(C)C)[Si](C)(C)C)c(C([Si](C)(C)C)[Si](C)(C)C)c1)[Si](C)(C)C. The summed E-state index contributed by atoms with van der Waals surface area (Å²) in [4.78, 5) is 0. The molecule has 2 aromatic rings. The number of rotatable bonds is 18. The topological polar surface area (TPSA) is 0 Å². The average Bonchev–Trinajstić information content (AvgIpc) is 2.92. The van der Waals surface area contributed by atoms with Crippen molar-refractivity contribution >= 4 is 131 Å². The van der Waals surface area contributed by atoms with Gasteiger partial charge in [-0.3, -0.25) is 0 Å². The van der Waals surface area contributed by atoms with E-state index in [0.29, 0.717) is 0 Å². The fraction of sp³-hybridized carbons (Fsp3) is 0.778. The minimum absolute atomic E-state index is 0.448. The van der Waals surface area contributed by atoms with E-state index >= 15 is 0 Å². The van der Waals surface area contributed by atoms with Crippen LogP contribution in [0, 0.1) is 0 Å². The van der Waals surface area contributed by atoms with Gasteiger partial charge >= 0.3 is 455 Å². The van der Waals surface area contributed by atoms with Gasteiger partial charge in [0, 0.05) is 0 Å². The summed E-state index contributed by atoms with van der Waals surface area (Å²) in [5, 5.41) is 4.63. The monoisotopic (exact) mass is 1250 g/mol. The first-order chi connectivity index (χ1) is 29.4. The van der Waals surface area contributed by atoms with Crippen molar-refractivity contribution in [1.29, 1.82) is 0 Å². The molecule has 0 saturated heterocycles. The summed E-state index contributed by atoms with van der Waals surface area (Å²) in [7, 11) is -19.4. The first-order valence-electron chi connectivity index (χ1n) is 27.3. The van der Waals surface area contributed by atoms with Crippen LogP contribution in [-0.4, -0.2) is 122 Å². The van der Waals surface area contributed by atoms with Gasteiger partial charge in [-0.2, -0.15) is 0 Å². The third-order valence-electron chi connectivity index (χ3n) is 15.1. The van der Waals surface area contributed by atoms with Gasteiger partial charge in [-0.15, -0.1) is 0 Å². The summed E-state index contributed by atoms with van der Waals surface area (Å²) in [5.41, 5.74) is 11.5. The second kappa shape index (κ2) is 21.5. The van der Waals surface area contributed by atoms with Crippen LogP contribution in [-0.2, 0) is 0 Å². The standard InChI is InChI=1S/C54H118Ge2Si12/c1-57(2,3)49(58(4,5)6)41-37-43(51(61(13,14)15)62(16,17)18)47(44(38-41)52(63(19,20)21)64(22,23)24)55-56-48-45(53(65(25,26)27)66(28,29)30)39-42(50(59(7,8)9)60(10,11)12)40-46(48)54(67(31,32)33)68(34,35)36/h37-40,49-54H,1-36H3. The fourth-order valence-corrected chi connectivity index (χ4v) is 108. The molecule has 14 heteroatoms. The Bertz CT molecular complexity index is 1800. The van der Waals surface area contributed by atoms with Gasteiger partial charge in [-0.1, -0.05) is 0 Å². The van der Waals surface area contributed by atoms with E-state index in [4.69, 9.17) is 0 Å². The predicted octanol–water partition coefficient (Wildman–Crippen LogP) is 18.0. The molecule has 0 N–H and O–H groups in total. The molecule has 0 unspecified atom stereocenters. The molecule has 0 aliphatic rings. The van der Waals surface area contributed by atoms with Gasteiger partial charge in [0.15, 0.2) is 0 Å². The molecule has 2 aromatic carbocycles. The maximum atomic E-state index is 3.04. The molecule has 0 amide bonds. The Hall–Kier alpha value is 2.13. The molecular weight excluding hydrogens is 1130 g/mol. The van der Waals surface area contributed by atoms with Gasteiger partial charge in [-0.25, -0.2) is 0 Å². The summed E-state index contributed by atoms with van der Waals surface area (Å²) in [6.45, 7) is 99.6. The van der Waals surface area contributed by atoms with E-state index in [1.165, 1.54) is 0 Å². The van der Waals surface area contributed by atoms with Crippen LogP contribution < -0.4 is 8.79 Å². The van der Waals surface area contributed by atoms with Crippen LogP contribution in [0.5, 0.6) is 0 Å². The second-order valence-electron chi connectivity index (χ2n) is 35.4. The van der Waals surface area contributed by atoms with Gasteiger partial charge in [-0.05, 0) is 0 Å². The van der Waals surface area contributed by atoms with Crippen LogP contribution in [0.2, 0.25) is 236 Å². The first-order valence-corrected chi connectivity index (χ1v) is 78.8. The maximum absolute atomic E-state index is 3.04. The zero-order valence-electron chi connectivity index (χ0n) is 52.8. The van der Waals surface area contributed by atoms with Crippen LogP contribution in [0.25, 0.3) is 0 Å². The zero-order valence-corrected chi connectivity index (χ0v) is 69.0. The molecule has 0 spiro atoms. The van der Waals surface area contributed by atoms with Crippen molar-refractivity contribution in [2.75, 3.05) is 0 Å². The van der Waals surface area contributed by atoms with Crippen LogP contribution in [0.3, 0.4) is 0 Å². The number of hydrogen-bond donors (Lipinski definition) is 0. The quantitative estimate of drug-likeness (QED) is 0.131. The summed E-state index contributed by atoms with van der Waals surface area (Å²) >= 11 is -0.896. The average molecular weight is 1250 g/mol. The Morgan fingerprint density at radius 1 is 0.206 bits per heavy atom. The molecule has 0 nitrogen and oxygen atoms in total. The number of benzene rings is 2. The molecule has 0 fully saturated rings. The zero-order chi connectivity index (χ0) is 54.3. The molecule has 0 aromatic heterocycles. The van der Waals surface area contributed by atoms with Crippen molar-refractivity contribution in [2.24, 2.45) is 0 Å². The Balaban J connectivity index is 3.98.